The highest BCUT2D eigenvalue weighted by Crippen LogP contribution is 2.40. The molecule has 1 amide bonds. The van der Waals surface area contributed by atoms with Gasteiger partial charge in [-0.2, -0.15) is 0 Å². The molecule has 110 valence electrons. The zero-order chi connectivity index (χ0) is 14.8. The maximum Gasteiger partial charge on any atom is 0.258 e. The smallest absolute Gasteiger partial charge is 0.258 e. The molecule has 1 aromatic carbocycles. The Kier molecular flexibility index (Phi) is 4.33. The van der Waals surface area contributed by atoms with Crippen molar-refractivity contribution in [3.63, 3.8) is 0 Å². The van der Waals surface area contributed by atoms with Gasteiger partial charge in [0, 0.05) is 11.5 Å². The largest absolute Gasteiger partial charge is 0.484 e. The molecule has 4 nitrogen and oxygen atoms in total. The highest BCUT2D eigenvalue weighted by molar-refractivity contribution is 5.78. The van der Waals surface area contributed by atoms with Gasteiger partial charge in [0.05, 0.1) is 6.10 Å². The van der Waals surface area contributed by atoms with Crippen molar-refractivity contribution in [2.24, 2.45) is 5.41 Å². The average Bonchev–Trinajstić information content (AvgIpc) is 2.45. The number of hydrogen-bond acceptors (Lipinski definition) is 3. The fraction of sp³-hybridized carbons (Fsp3) is 0.562. The van der Waals surface area contributed by atoms with E-state index in [-0.39, 0.29) is 30.1 Å². The molecule has 1 fully saturated rings. The summed E-state index contributed by atoms with van der Waals surface area (Å²) in [5, 5.41) is 12.6. The summed E-state index contributed by atoms with van der Waals surface area (Å²) in [7, 11) is 0. The summed E-state index contributed by atoms with van der Waals surface area (Å²) in [5.41, 5.74) is 0.934. The maximum absolute atomic E-state index is 11.9. The van der Waals surface area contributed by atoms with E-state index < -0.39 is 0 Å². The van der Waals surface area contributed by atoms with Crippen molar-refractivity contribution in [2.45, 2.75) is 45.8 Å². The molecule has 2 rings (SSSR count). The van der Waals surface area contributed by atoms with E-state index in [0.717, 1.165) is 6.42 Å². The molecule has 20 heavy (non-hydrogen) atoms. The zero-order valence-corrected chi connectivity index (χ0v) is 12.3. The van der Waals surface area contributed by atoms with Crippen LogP contribution in [0, 0.1) is 5.41 Å². The molecule has 1 aliphatic rings. The van der Waals surface area contributed by atoms with Gasteiger partial charge in [0.25, 0.3) is 5.91 Å². The summed E-state index contributed by atoms with van der Waals surface area (Å²) in [6.45, 7) is 6.00. The number of aliphatic hydroxyl groups excluding tert-OH is 1. The predicted molar refractivity (Wildman–Crippen MR) is 77.7 cm³/mol. The molecule has 0 heterocycles. The highest BCUT2D eigenvalue weighted by atomic mass is 16.5. The molecule has 1 aliphatic carbocycles. The van der Waals surface area contributed by atoms with Crippen molar-refractivity contribution in [3.8, 4) is 5.75 Å². The molecule has 0 radical (unpaired) electrons. The fourth-order valence-corrected chi connectivity index (χ4v) is 2.39. The van der Waals surface area contributed by atoms with E-state index in [2.05, 4.69) is 12.2 Å². The number of hydrogen-bond donors (Lipinski definition) is 2. The summed E-state index contributed by atoms with van der Waals surface area (Å²) in [4.78, 5) is 11.9. The van der Waals surface area contributed by atoms with Crippen molar-refractivity contribution in [3.05, 3.63) is 29.8 Å². The third kappa shape index (κ3) is 3.12. The van der Waals surface area contributed by atoms with Crippen molar-refractivity contribution in [2.75, 3.05) is 6.61 Å². The molecule has 2 atom stereocenters. The Morgan fingerprint density at radius 2 is 2.25 bits per heavy atom. The number of carbonyl (C=O) groups excluding carboxylic acids is 1. The van der Waals surface area contributed by atoms with Gasteiger partial charge >= 0.3 is 0 Å². The molecular formula is C16H23NO3. The number of ether oxygens (including phenoxy) is 1. The predicted octanol–water partition coefficient (Wildman–Crippen LogP) is 1.90. The second kappa shape index (κ2) is 5.83. The number of carbonyl (C=O) groups is 1. The molecule has 0 aromatic heterocycles. The van der Waals surface area contributed by atoms with E-state index in [1.165, 1.54) is 5.56 Å². The summed E-state index contributed by atoms with van der Waals surface area (Å²) in [5.74, 6) is 0.573. The van der Waals surface area contributed by atoms with Crippen LogP contribution in [-0.4, -0.2) is 29.8 Å². The first-order chi connectivity index (χ1) is 9.43. The van der Waals surface area contributed by atoms with E-state index in [4.69, 9.17) is 4.74 Å². The number of aliphatic hydroxyl groups is 1. The van der Waals surface area contributed by atoms with Gasteiger partial charge in [0.1, 0.15) is 5.75 Å². The maximum atomic E-state index is 11.9. The number of rotatable bonds is 5. The van der Waals surface area contributed by atoms with Crippen LogP contribution >= 0.6 is 0 Å². The standard InChI is InChI=1S/C16H23NO3/c1-4-11-6-5-7-12(8-11)20-10-15(19)17-13-9-14(18)16(13,2)3/h5-8,13-14,18H,4,9-10H2,1-3H3,(H,17,19). The molecule has 2 unspecified atom stereocenters. The first kappa shape index (κ1) is 14.9. The number of benzene rings is 1. The molecular weight excluding hydrogens is 254 g/mol. The lowest BCUT2D eigenvalue weighted by Gasteiger charge is -2.49. The van der Waals surface area contributed by atoms with Crippen LogP contribution in [-0.2, 0) is 11.2 Å². The second-order valence-electron chi connectivity index (χ2n) is 5.98. The van der Waals surface area contributed by atoms with Gasteiger partial charge in [-0.05, 0) is 30.5 Å². The summed E-state index contributed by atoms with van der Waals surface area (Å²) >= 11 is 0. The molecule has 4 heteroatoms. The number of amides is 1. The Bertz CT molecular complexity index is 484. The van der Waals surface area contributed by atoms with Crippen LogP contribution in [0.1, 0.15) is 32.8 Å². The minimum Gasteiger partial charge on any atom is -0.484 e. The Labute approximate surface area is 120 Å². The van der Waals surface area contributed by atoms with Crippen LogP contribution < -0.4 is 10.1 Å². The van der Waals surface area contributed by atoms with Crippen LogP contribution in [0.15, 0.2) is 24.3 Å². The Hall–Kier alpha value is -1.55. The van der Waals surface area contributed by atoms with Gasteiger partial charge in [0.15, 0.2) is 6.61 Å². The van der Waals surface area contributed by atoms with Gasteiger partial charge in [-0.3, -0.25) is 4.79 Å². The molecule has 2 N–H and O–H groups in total. The third-order valence-electron chi connectivity index (χ3n) is 4.23. The van der Waals surface area contributed by atoms with Crippen LogP contribution in [0.25, 0.3) is 0 Å². The van der Waals surface area contributed by atoms with E-state index >= 15 is 0 Å². The van der Waals surface area contributed by atoms with E-state index in [1.54, 1.807) is 0 Å². The topological polar surface area (TPSA) is 58.6 Å². The van der Waals surface area contributed by atoms with Crippen molar-refractivity contribution in [1.29, 1.82) is 0 Å². The zero-order valence-electron chi connectivity index (χ0n) is 12.3. The van der Waals surface area contributed by atoms with Crippen LogP contribution in [0.4, 0.5) is 0 Å². The molecule has 0 bridgehead atoms. The number of nitrogens with one attached hydrogen (secondary N) is 1. The molecule has 0 aliphatic heterocycles. The normalized spacial score (nSPS) is 23.8. The summed E-state index contributed by atoms with van der Waals surface area (Å²) in [6.07, 6.45) is 1.22. The second-order valence-corrected chi connectivity index (χ2v) is 5.98. The Morgan fingerprint density at radius 1 is 1.50 bits per heavy atom. The molecule has 1 aromatic rings. The quantitative estimate of drug-likeness (QED) is 0.864. The molecule has 1 saturated carbocycles. The minimum atomic E-state index is -0.338. The average molecular weight is 277 g/mol. The first-order valence-electron chi connectivity index (χ1n) is 7.12. The van der Waals surface area contributed by atoms with Crippen LogP contribution in [0.5, 0.6) is 5.75 Å². The third-order valence-corrected chi connectivity index (χ3v) is 4.23. The molecule has 0 spiro atoms. The lowest BCUT2D eigenvalue weighted by atomic mass is 9.64. The van der Waals surface area contributed by atoms with E-state index in [9.17, 15) is 9.90 Å². The minimum absolute atomic E-state index is 0.00976. The lowest BCUT2D eigenvalue weighted by Crippen LogP contribution is -2.61. The van der Waals surface area contributed by atoms with Gasteiger partial charge < -0.3 is 15.2 Å². The Balaban J connectivity index is 1.81. The van der Waals surface area contributed by atoms with Crippen molar-refractivity contribution in [1.82, 2.24) is 5.32 Å². The SMILES string of the molecule is CCc1cccc(OCC(=O)NC2CC(O)C2(C)C)c1. The van der Waals surface area contributed by atoms with Gasteiger partial charge in [-0.1, -0.05) is 32.9 Å². The lowest BCUT2D eigenvalue weighted by molar-refractivity contribution is -0.131. The Morgan fingerprint density at radius 3 is 2.85 bits per heavy atom. The van der Waals surface area contributed by atoms with Crippen LogP contribution in [0.2, 0.25) is 0 Å². The monoisotopic (exact) mass is 277 g/mol. The van der Waals surface area contributed by atoms with Crippen molar-refractivity contribution >= 4 is 5.91 Å². The van der Waals surface area contributed by atoms with Crippen molar-refractivity contribution < 1.29 is 14.6 Å². The highest BCUT2D eigenvalue weighted by Gasteiger charge is 2.47. The number of aryl methyl sites for hydroxylation is 1. The van der Waals surface area contributed by atoms with E-state index in [0.29, 0.717) is 12.2 Å². The van der Waals surface area contributed by atoms with Crippen LogP contribution in [0.3, 0.4) is 0 Å². The summed E-state index contributed by atoms with van der Waals surface area (Å²) in [6, 6.07) is 7.78. The fourth-order valence-electron chi connectivity index (χ4n) is 2.39. The van der Waals surface area contributed by atoms with Gasteiger partial charge in [0.2, 0.25) is 0 Å². The van der Waals surface area contributed by atoms with Gasteiger partial charge in [-0.15, -0.1) is 0 Å². The molecule has 0 saturated heterocycles. The van der Waals surface area contributed by atoms with E-state index in [1.807, 2.05) is 38.1 Å². The van der Waals surface area contributed by atoms with Gasteiger partial charge in [-0.25, -0.2) is 0 Å². The summed E-state index contributed by atoms with van der Waals surface area (Å²) < 4.78 is 5.50. The first-order valence-corrected chi connectivity index (χ1v) is 7.12.